The van der Waals surface area contributed by atoms with Gasteiger partial charge in [-0.15, -0.1) is 0 Å². The Labute approximate surface area is 467 Å². The van der Waals surface area contributed by atoms with Gasteiger partial charge in [0.15, 0.2) is 13.1 Å². The topological polar surface area (TPSA) is 119 Å². The van der Waals surface area contributed by atoms with Crippen molar-refractivity contribution in [3.05, 3.63) is 129 Å². The molecule has 2 atom stereocenters. The molecule has 77 heavy (non-hydrogen) atoms. The highest BCUT2D eigenvalue weighted by Crippen LogP contribution is 2.52. The predicted octanol–water partition coefficient (Wildman–Crippen LogP) is 10.9. The van der Waals surface area contributed by atoms with Crippen LogP contribution in [0.2, 0.25) is 10.0 Å². The number of carbonyl (C=O) groups excluding carboxylic acids is 2. The van der Waals surface area contributed by atoms with E-state index in [4.69, 9.17) is 46.9 Å². The smallest absolute Gasteiger partial charge is 0.270 e. The van der Waals surface area contributed by atoms with Crippen molar-refractivity contribution < 1.29 is 42.4 Å². The number of nitrogens with one attached hydrogen (secondary N) is 2. The molecule has 4 aromatic carbocycles. The van der Waals surface area contributed by atoms with E-state index in [9.17, 15) is 9.59 Å². The standard InChI is InChI=1S/C60H62Cl2N6O7S2/c61-39-15-17-51-45(37-39)67-29-21-49-57(59(67)76-51)41-19-27-65(43-9-7-11-47(74-49)55(41)43)25-5-1-3-13-53(69)63-23-31-71-33-35-73-36-34-72-32-24-64-54(70)14-4-2-6-26-66-28-20-42-56-44(66)10-8-12-48(56)75-50-22-30-68-46-38-40(62)16-18-52(46)77-60(68)58(42)50/h7-12,15-20,27-28,37-38,49-50H,1-6,13-14,21-26,29-36H2/p+2. The number of fused-ring (bicyclic) bond motifs is 10. The van der Waals surface area contributed by atoms with E-state index in [-0.39, 0.29) is 24.0 Å². The number of amides is 2. The molecule has 6 aliphatic heterocycles. The van der Waals surface area contributed by atoms with Gasteiger partial charge >= 0.3 is 0 Å². The summed E-state index contributed by atoms with van der Waals surface area (Å²) in [5, 5.41) is 9.97. The van der Waals surface area contributed by atoms with Gasteiger partial charge in [-0.2, -0.15) is 9.13 Å². The number of allylic oxidation sites excluding steroid dienone is 4. The van der Waals surface area contributed by atoms with Crippen molar-refractivity contribution in [1.29, 1.82) is 0 Å². The molecule has 17 heteroatoms. The minimum atomic E-state index is 0.0295. The van der Waals surface area contributed by atoms with Crippen molar-refractivity contribution in [2.45, 2.75) is 89.5 Å². The SMILES string of the molecule is O=C(CCCCCN1C=CC2=C3c4sc5ccc(Cl)cc5[n+]4CCC3Oc3cccc1c32)NCCOCCOCCOCCNC(=O)CCCCCN1C=CC2=C3c4sc5ccc(Cl)cc5[n+]4CCC3Oc3cccc1c32. The van der Waals surface area contributed by atoms with Crippen molar-refractivity contribution in [2.24, 2.45) is 0 Å². The van der Waals surface area contributed by atoms with E-state index in [2.05, 4.69) is 115 Å². The van der Waals surface area contributed by atoms with Crippen LogP contribution < -0.4 is 39.0 Å². The first-order valence-corrected chi connectivity index (χ1v) is 29.7. The number of carbonyl (C=O) groups is 2. The number of benzene rings is 4. The Morgan fingerprint density at radius 3 is 1.51 bits per heavy atom. The molecule has 8 heterocycles. The molecule has 2 N–H and O–H groups in total. The summed E-state index contributed by atoms with van der Waals surface area (Å²) in [6, 6.07) is 25.1. The molecular weight excluding hydrogens is 1050 g/mol. The molecule has 6 aromatic rings. The summed E-state index contributed by atoms with van der Waals surface area (Å²) in [6.07, 6.45) is 17.4. The summed E-state index contributed by atoms with van der Waals surface area (Å²) >= 11 is 16.4. The fraction of sp³-hybridized carbons (Fsp3) is 0.400. The molecule has 12 rings (SSSR count). The fourth-order valence-corrected chi connectivity index (χ4v) is 14.5. The minimum Gasteiger partial charge on any atom is -0.484 e. The van der Waals surface area contributed by atoms with Crippen molar-refractivity contribution in [3.8, 4) is 11.5 Å². The summed E-state index contributed by atoms with van der Waals surface area (Å²) in [5.41, 5.74) is 12.1. The number of hydrogen-bond donors (Lipinski definition) is 2. The van der Waals surface area contributed by atoms with Crippen LogP contribution in [0.3, 0.4) is 0 Å². The lowest BCUT2D eigenvalue weighted by Crippen LogP contribution is -2.45. The molecule has 0 saturated carbocycles. The summed E-state index contributed by atoms with van der Waals surface area (Å²) in [4.78, 5) is 29.7. The van der Waals surface area contributed by atoms with E-state index in [1.54, 1.807) is 0 Å². The molecule has 2 unspecified atom stereocenters. The number of halogens is 2. The van der Waals surface area contributed by atoms with Crippen molar-refractivity contribution in [1.82, 2.24) is 10.6 Å². The summed E-state index contributed by atoms with van der Waals surface area (Å²) in [6.45, 7) is 7.10. The van der Waals surface area contributed by atoms with E-state index in [0.717, 1.165) is 99.1 Å². The van der Waals surface area contributed by atoms with Gasteiger partial charge in [0.2, 0.25) is 22.8 Å². The Hall–Kier alpha value is -5.78. The monoisotopic (exact) mass is 1110 g/mol. The van der Waals surface area contributed by atoms with Crippen LogP contribution in [0.4, 0.5) is 11.4 Å². The zero-order valence-corrected chi connectivity index (χ0v) is 46.3. The second-order valence-electron chi connectivity index (χ2n) is 20.3. The average molecular weight is 1120 g/mol. The maximum absolute atomic E-state index is 12.5. The molecule has 0 spiro atoms. The van der Waals surface area contributed by atoms with Gasteiger partial charge in [-0.25, -0.2) is 0 Å². The number of thiazole rings is 2. The number of anilines is 2. The second kappa shape index (κ2) is 23.7. The van der Waals surface area contributed by atoms with Gasteiger partial charge in [0.05, 0.1) is 62.2 Å². The Kier molecular flexibility index (Phi) is 16.0. The first kappa shape index (κ1) is 51.9. The first-order chi connectivity index (χ1) is 37.9. The Bertz CT molecular complexity index is 3130. The number of rotatable bonds is 24. The summed E-state index contributed by atoms with van der Waals surface area (Å²) in [7, 11) is 0. The highest BCUT2D eigenvalue weighted by molar-refractivity contribution is 7.19. The lowest BCUT2D eigenvalue weighted by molar-refractivity contribution is -0.674. The lowest BCUT2D eigenvalue weighted by Gasteiger charge is -2.36. The molecule has 2 aromatic heterocycles. The number of nitrogens with zero attached hydrogens (tertiary/aromatic N) is 4. The minimum absolute atomic E-state index is 0.0295. The van der Waals surface area contributed by atoms with Crippen LogP contribution in [0.5, 0.6) is 11.5 Å². The fourth-order valence-electron chi connectivity index (χ4n) is 11.6. The van der Waals surface area contributed by atoms with Gasteiger partial charge in [-0.3, -0.25) is 9.59 Å². The third kappa shape index (κ3) is 11.0. The van der Waals surface area contributed by atoms with Gasteiger partial charge in [0.1, 0.15) is 33.1 Å². The highest BCUT2D eigenvalue weighted by atomic mass is 35.5. The number of ether oxygens (including phenoxy) is 5. The Morgan fingerprint density at radius 1 is 0.584 bits per heavy atom. The quantitative estimate of drug-likeness (QED) is 0.0451. The summed E-state index contributed by atoms with van der Waals surface area (Å²) < 4.78 is 37.6. The Morgan fingerprint density at radius 2 is 1.04 bits per heavy atom. The molecular formula is C60H64Cl2N6O7S2+2. The van der Waals surface area contributed by atoms with E-state index in [1.807, 2.05) is 34.8 Å². The molecule has 2 amide bonds. The molecule has 0 saturated heterocycles. The maximum Gasteiger partial charge on any atom is 0.270 e. The molecule has 0 fully saturated rings. The molecule has 400 valence electrons. The normalized spacial score (nSPS) is 17.4. The van der Waals surface area contributed by atoms with Crippen LogP contribution >= 0.6 is 45.9 Å². The van der Waals surface area contributed by atoms with E-state index in [1.165, 1.54) is 75.2 Å². The third-order valence-electron chi connectivity index (χ3n) is 15.3. The number of unbranched alkanes of at least 4 members (excludes halogenated alkanes) is 4. The van der Waals surface area contributed by atoms with Gasteiger partial charge in [-0.1, -0.05) is 70.8 Å². The first-order valence-electron chi connectivity index (χ1n) is 27.4. The number of aryl methyl sites for hydroxylation is 2. The Balaban J connectivity index is 0.476. The predicted molar refractivity (Wildman–Crippen MR) is 307 cm³/mol. The van der Waals surface area contributed by atoms with Crippen LogP contribution in [0, 0.1) is 0 Å². The molecule has 0 radical (unpaired) electrons. The van der Waals surface area contributed by atoms with E-state index >= 15 is 0 Å². The average Bonchev–Trinajstić information content (AvgIpc) is 4.14. The van der Waals surface area contributed by atoms with Crippen LogP contribution in [0.1, 0.15) is 85.4 Å². The van der Waals surface area contributed by atoms with Gasteiger partial charge in [0.25, 0.3) is 10.0 Å². The highest BCUT2D eigenvalue weighted by Gasteiger charge is 2.44. The molecule has 6 aliphatic rings. The van der Waals surface area contributed by atoms with Crippen LogP contribution in [0.25, 0.3) is 42.7 Å². The van der Waals surface area contributed by atoms with Crippen molar-refractivity contribution in [3.63, 3.8) is 0 Å². The molecule has 13 nitrogen and oxygen atoms in total. The van der Waals surface area contributed by atoms with Crippen molar-refractivity contribution in [2.75, 3.05) is 75.6 Å². The van der Waals surface area contributed by atoms with Gasteiger partial charge < -0.3 is 44.1 Å². The number of hydrogen-bond acceptors (Lipinski definition) is 11. The number of aromatic nitrogens is 2. The van der Waals surface area contributed by atoms with Crippen LogP contribution in [-0.4, -0.2) is 89.8 Å². The van der Waals surface area contributed by atoms with Gasteiger partial charge in [-0.05, 0) is 86.4 Å². The van der Waals surface area contributed by atoms with E-state index < -0.39 is 0 Å². The van der Waals surface area contributed by atoms with Gasteiger partial charge in [0, 0.05) is 109 Å². The van der Waals surface area contributed by atoms with Crippen molar-refractivity contribution >= 4 is 112 Å². The summed E-state index contributed by atoms with van der Waals surface area (Å²) in [5.74, 6) is 2.00. The lowest BCUT2D eigenvalue weighted by atomic mass is 9.87. The van der Waals surface area contributed by atoms with Crippen LogP contribution in [0.15, 0.2) is 97.3 Å². The second-order valence-corrected chi connectivity index (χ2v) is 23.2. The third-order valence-corrected chi connectivity index (χ3v) is 18.1. The maximum atomic E-state index is 12.5. The zero-order valence-electron chi connectivity index (χ0n) is 43.2. The van der Waals surface area contributed by atoms with E-state index in [0.29, 0.717) is 65.6 Å². The van der Waals surface area contributed by atoms with Crippen LogP contribution in [-0.2, 0) is 36.9 Å². The molecule has 0 bridgehead atoms. The molecule has 0 aliphatic carbocycles. The zero-order chi connectivity index (χ0) is 52.2. The largest absolute Gasteiger partial charge is 0.484 e.